The van der Waals surface area contributed by atoms with Crippen LogP contribution < -0.4 is 4.74 Å². The lowest BCUT2D eigenvalue weighted by Crippen LogP contribution is -2.38. The molecule has 0 saturated carbocycles. The summed E-state index contributed by atoms with van der Waals surface area (Å²) in [5.41, 5.74) is 0.890. The van der Waals surface area contributed by atoms with Crippen LogP contribution in [0.4, 0.5) is 0 Å². The Labute approximate surface area is 235 Å². The first-order valence-electron chi connectivity index (χ1n) is 13.5. The van der Waals surface area contributed by atoms with Crippen LogP contribution in [0, 0.1) is 0 Å². The molecule has 1 N–H and O–H groups in total. The number of ketones is 1. The van der Waals surface area contributed by atoms with Crippen molar-refractivity contribution in [3.8, 4) is 5.75 Å². The summed E-state index contributed by atoms with van der Waals surface area (Å²) in [4.78, 5) is 30.4. The number of nitrogens with zero attached hydrogens (tertiary/aromatic N) is 3. The predicted molar refractivity (Wildman–Crippen MR) is 150 cm³/mol. The molecule has 1 atom stereocenters. The third-order valence-electron chi connectivity index (χ3n) is 7.09. The lowest BCUT2D eigenvalue weighted by atomic mass is 9.95. The van der Waals surface area contributed by atoms with Gasteiger partial charge in [-0.25, -0.2) is 12.7 Å². The fourth-order valence-electron chi connectivity index (χ4n) is 4.86. The number of hydrogen-bond acceptors (Lipinski definition) is 8. The van der Waals surface area contributed by atoms with E-state index in [1.54, 1.807) is 24.3 Å². The van der Waals surface area contributed by atoms with E-state index in [1.807, 2.05) is 6.92 Å². The molecular formula is C29H37N3O7S. The average Bonchev–Trinajstić information content (AvgIpc) is 3.21. The Hall–Kier alpha value is -3.25. The van der Waals surface area contributed by atoms with E-state index in [0.29, 0.717) is 44.1 Å². The van der Waals surface area contributed by atoms with Crippen molar-refractivity contribution in [2.45, 2.75) is 30.7 Å². The summed E-state index contributed by atoms with van der Waals surface area (Å²) in [7, 11) is -0.803. The van der Waals surface area contributed by atoms with Gasteiger partial charge in [0.05, 0.1) is 36.3 Å². The summed E-state index contributed by atoms with van der Waals surface area (Å²) in [6.07, 6.45) is 1.51. The zero-order chi connectivity index (χ0) is 28.9. The predicted octanol–water partition coefficient (Wildman–Crippen LogP) is 2.87. The van der Waals surface area contributed by atoms with Crippen LogP contribution >= 0.6 is 0 Å². The quantitative estimate of drug-likeness (QED) is 0.249. The number of aliphatic hydroxyl groups excluding tert-OH is 1. The van der Waals surface area contributed by atoms with Crippen molar-refractivity contribution >= 4 is 27.5 Å². The number of sulfonamides is 1. The summed E-state index contributed by atoms with van der Waals surface area (Å²) in [5.74, 6) is -1.12. The van der Waals surface area contributed by atoms with Crippen molar-refractivity contribution in [2.75, 3.05) is 60.1 Å². The van der Waals surface area contributed by atoms with Gasteiger partial charge in [0.1, 0.15) is 11.5 Å². The van der Waals surface area contributed by atoms with Gasteiger partial charge in [-0.05, 0) is 54.8 Å². The maximum absolute atomic E-state index is 13.3. The van der Waals surface area contributed by atoms with Gasteiger partial charge in [0.15, 0.2) is 0 Å². The largest absolute Gasteiger partial charge is 0.507 e. The van der Waals surface area contributed by atoms with Gasteiger partial charge in [-0.2, -0.15) is 0 Å². The third kappa shape index (κ3) is 6.38. The summed E-state index contributed by atoms with van der Waals surface area (Å²) >= 11 is 0. The fourth-order valence-corrected chi connectivity index (χ4v) is 5.77. The number of Topliss-reactive ketones (excluding diaryl/α,β-unsaturated/α-hetero) is 1. The van der Waals surface area contributed by atoms with Crippen LogP contribution in [-0.4, -0.2) is 99.4 Å². The number of carbonyl (C=O) groups is 2. The Balaban J connectivity index is 1.68. The molecule has 2 heterocycles. The molecule has 2 fully saturated rings. The van der Waals surface area contributed by atoms with Gasteiger partial charge in [-0.3, -0.25) is 14.5 Å². The van der Waals surface area contributed by atoms with Crippen molar-refractivity contribution in [1.82, 2.24) is 14.1 Å². The fraction of sp³-hybridized carbons (Fsp3) is 0.448. The van der Waals surface area contributed by atoms with Gasteiger partial charge in [-0.15, -0.1) is 0 Å². The van der Waals surface area contributed by atoms with E-state index >= 15 is 0 Å². The number of hydrogen-bond donors (Lipinski definition) is 1. The standard InChI is InChI=1S/C29H37N3O7S/c1-4-18-39-23-10-6-21(7-11-23)26-25(27(33)22-8-12-24(13-9-22)40(36,37)30(2)3)28(34)29(35)32(26)15-5-14-31-16-19-38-20-17-31/h6-13,26,33H,4-5,14-20H2,1-3H3/t26-/m0/s1. The Morgan fingerprint density at radius 2 is 1.68 bits per heavy atom. The molecule has 10 nitrogen and oxygen atoms in total. The third-order valence-corrected chi connectivity index (χ3v) is 8.92. The highest BCUT2D eigenvalue weighted by Crippen LogP contribution is 2.40. The molecule has 0 aromatic heterocycles. The molecular weight excluding hydrogens is 534 g/mol. The second kappa shape index (κ2) is 12.9. The minimum Gasteiger partial charge on any atom is -0.507 e. The number of likely N-dealkylation sites (tertiary alicyclic amines) is 1. The smallest absolute Gasteiger partial charge is 0.295 e. The van der Waals surface area contributed by atoms with E-state index in [1.165, 1.54) is 43.3 Å². The molecule has 4 rings (SSSR count). The molecule has 1 amide bonds. The number of ether oxygens (including phenoxy) is 2. The van der Waals surface area contributed by atoms with Crippen molar-refractivity contribution in [3.05, 3.63) is 65.2 Å². The van der Waals surface area contributed by atoms with Crippen molar-refractivity contribution < 1.29 is 32.6 Å². The van der Waals surface area contributed by atoms with Crippen molar-refractivity contribution in [3.63, 3.8) is 0 Å². The minimum absolute atomic E-state index is 0.0261. The van der Waals surface area contributed by atoms with Gasteiger partial charge in [0.25, 0.3) is 11.7 Å². The monoisotopic (exact) mass is 571 g/mol. The topological polar surface area (TPSA) is 117 Å². The highest BCUT2D eigenvalue weighted by molar-refractivity contribution is 7.89. The molecule has 2 aliphatic heterocycles. The van der Waals surface area contributed by atoms with Gasteiger partial charge < -0.3 is 19.5 Å². The molecule has 0 spiro atoms. The number of aliphatic hydroxyl groups is 1. The maximum Gasteiger partial charge on any atom is 0.295 e. The zero-order valence-corrected chi connectivity index (χ0v) is 24.0. The highest BCUT2D eigenvalue weighted by Gasteiger charge is 2.45. The van der Waals surface area contributed by atoms with Crippen LogP contribution in [0.25, 0.3) is 5.76 Å². The summed E-state index contributed by atoms with van der Waals surface area (Å²) in [5, 5.41) is 11.3. The minimum atomic E-state index is -3.67. The van der Waals surface area contributed by atoms with Gasteiger partial charge in [0, 0.05) is 45.8 Å². The summed E-state index contributed by atoms with van der Waals surface area (Å²) in [6, 6.07) is 12.0. The van der Waals surface area contributed by atoms with Gasteiger partial charge in [0.2, 0.25) is 10.0 Å². The number of rotatable bonds is 11. The van der Waals surface area contributed by atoms with Crippen LogP contribution in [-0.2, 0) is 24.3 Å². The molecule has 2 aromatic rings. The molecule has 11 heteroatoms. The summed E-state index contributed by atoms with van der Waals surface area (Å²) < 4.78 is 37.2. The molecule has 0 unspecified atom stereocenters. The SMILES string of the molecule is CCCOc1ccc([C@H]2C(=C(O)c3ccc(S(=O)(=O)N(C)C)cc3)C(=O)C(=O)N2CCCN2CCOCC2)cc1. The van der Waals surface area contributed by atoms with Crippen molar-refractivity contribution in [2.24, 2.45) is 0 Å². The number of carbonyl (C=O) groups excluding carboxylic acids is 2. The molecule has 216 valence electrons. The molecule has 2 saturated heterocycles. The average molecular weight is 572 g/mol. The van der Waals surface area contributed by atoms with E-state index in [9.17, 15) is 23.1 Å². The number of amides is 1. The van der Waals surface area contributed by atoms with Crippen molar-refractivity contribution in [1.29, 1.82) is 0 Å². The van der Waals surface area contributed by atoms with Crippen LogP contribution in [0.2, 0.25) is 0 Å². The summed E-state index contributed by atoms with van der Waals surface area (Å²) in [6.45, 7) is 6.65. The lowest BCUT2D eigenvalue weighted by Gasteiger charge is -2.29. The first-order chi connectivity index (χ1) is 19.1. The Kier molecular flexibility index (Phi) is 9.62. The number of benzene rings is 2. The zero-order valence-electron chi connectivity index (χ0n) is 23.2. The van der Waals surface area contributed by atoms with Gasteiger partial charge >= 0.3 is 0 Å². The molecule has 0 bridgehead atoms. The highest BCUT2D eigenvalue weighted by atomic mass is 32.2. The number of morpholine rings is 1. The van der Waals surface area contributed by atoms with E-state index in [-0.39, 0.29) is 21.8 Å². The van der Waals surface area contributed by atoms with Crippen LogP contribution in [0.15, 0.2) is 59.0 Å². The lowest BCUT2D eigenvalue weighted by molar-refractivity contribution is -0.140. The molecule has 40 heavy (non-hydrogen) atoms. The first kappa shape index (κ1) is 29.7. The molecule has 2 aromatic carbocycles. The van der Waals surface area contributed by atoms with E-state index in [4.69, 9.17) is 9.47 Å². The van der Waals surface area contributed by atoms with E-state index < -0.39 is 27.8 Å². The molecule has 0 aliphatic carbocycles. The normalized spacial score (nSPS) is 19.9. The van der Waals surface area contributed by atoms with Crippen LogP contribution in [0.5, 0.6) is 5.75 Å². The molecule has 2 aliphatic rings. The van der Waals surface area contributed by atoms with Gasteiger partial charge in [-0.1, -0.05) is 19.1 Å². The van der Waals surface area contributed by atoms with E-state index in [2.05, 4.69) is 4.90 Å². The van der Waals surface area contributed by atoms with Crippen LogP contribution in [0.3, 0.4) is 0 Å². The Morgan fingerprint density at radius 1 is 1.02 bits per heavy atom. The second-order valence-electron chi connectivity index (χ2n) is 10.0. The molecule has 0 radical (unpaired) electrons. The van der Waals surface area contributed by atoms with E-state index in [0.717, 1.165) is 30.4 Å². The second-order valence-corrected chi connectivity index (χ2v) is 12.2. The first-order valence-corrected chi connectivity index (χ1v) is 14.9. The van der Waals surface area contributed by atoms with Crippen LogP contribution in [0.1, 0.15) is 36.9 Å². The Bertz CT molecular complexity index is 1330. The maximum atomic E-state index is 13.3. The Morgan fingerprint density at radius 3 is 2.27 bits per heavy atom.